The number of rotatable bonds is 4. The molecule has 1 nitrogen and oxygen atoms in total. The third-order valence-corrected chi connectivity index (χ3v) is 2.41. The smallest absolute Gasteiger partial charge is 0.126 e. The van der Waals surface area contributed by atoms with Gasteiger partial charge in [0.25, 0.3) is 0 Å². The van der Waals surface area contributed by atoms with Crippen molar-refractivity contribution < 1.29 is 4.39 Å². The van der Waals surface area contributed by atoms with E-state index in [1.807, 2.05) is 26.0 Å². The molecule has 0 aliphatic carbocycles. The zero-order valence-electron chi connectivity index (χ0n) is 9.60. The zero-order chi connectivity index (χ0) is 11.4. The first-order chi connectivity index (χ1) is 7.00. The summed E-state index contributed by atoms with van der Waals surface area (Å²) in [7, 11) is 0. The topological polar surface area (TPSA) is 12.0 Å². The van der Waals surface area contributed by atoms with Crippen LogP contribution in [-0.4, -0.2) is 6.54 Å². The van der Waals surface area contributed by atoms with Gasteiger partial charge in [0.05, 0.1) is 0 Å². The molecule has 0 aromatic heterocycles. The molecule has 2 heteroatoms. The minimum atomic E-state index is -0.142. The molecule has 82 valence electrons. The van der Waals surface area contributed by atoms with Gasteiger partial charge in [-0.3, -0.25) is 0 Å². The molecule has 0 amide bonds. The highest BCUT2D eigenvalue weighted by atomic mass is 19.1. The third-order valence-electron chi connectivity index (χ3n) is 2.41. The van der Waals surface area contributed by atoms with Gasteiger partial charge < -0.3 is 5.32 Å². The van der Waals surface area contributed by atoms with E-state index < -0.39 is 0 Å². The van der Waals surface area contributed by atoms with Crippen LogP contribution in [0.15, 0.2) is 30.4 Å². The van der Waals surface area contributed by atoms with Gasteiger partial charge in [-0.1, -0.05) is 24.3 Å². The van der Waals surface area contributed by atoms with E-state index in [0.717, 1.165) is 17.7 Å². The summed E-state index contributed by atoms with van der Waals surface area (Å²) in [5.41, 5.74) is 2.74. The fourth-order valence-electron chi connectivity index (χ4n) is 1.32. The SMILES string of the molecule is C=C(C)CNC(C)c1ccc(C)c(F)c1. The number of aryl methyl sites for hydroxylation is 1. The van der Waals surface area contributed by atoms with Crippen LogP contribution in [0.1, 0.15) is 31.0 Å². The maximum Gasteiger partial charge on any atom is 0.126 e. The van der Waals surface area contributed by atoms with Crippen LogP contribution in [0, 0.1) is 12.7 Å². The Hall–Kier alpha value is -1.15. The predicted octanol–water partition coefficient (Wildman–Crippen LogP) is 3.36. The Bertz CT molecular complexity index is 358. The molecular formula is C13H18FN. The number of hydrogen-bond acceptors (Lipinski definition) is 1. The van der Waals surface area contributed by atoms with Crippen molar-refractivity contribution in [3.8, 4) is 0 Å². The van der Waals surface area contributed by atoms with E-state index in [-0.39, 0.29) is 11.9 Å². The molecule has 0 spiro atoms. The zero-order valence-corrected chi connectivity index (χ0v) is 9.60. The quantitative estimate of drug-likeness (QED) is 0.746. The lowest BCUT2D eigenvalue weighted by Gasteiger charge is -2.14. The van der Waals surface area contributed by atoms with Crippen LogP contribution in [-0.2, 0) is 0 Å². The van der Waals surface area contributed by atoms with Gasteiger partial charge in [-0.15, -0.1) is 0 Å². The van der Waals surface area contributed by atoms with E-state index in [4.69, 9.17) is 0 Å². The summed E-state index contributed by atoms with van der Waals surface area (Å²) in [6.45, 7) is 10.3. The van der Waals surface area contributed by atoms with E-state index in [0.29, 0.717) is 5.56 Å². The third kappa shape index (κ3) is 3.48. The van der Waals surface area contributed by atoms with Crippen LogP contribution in [0.25, 0.3) is 0 Å². The number of nitrogens with one attached hydrogen (secondary N) is 1. The number of benzene rings is 1. The molecule has 1 N–H and O–H groups in total. The lowest BCUT2D eigenvalue weighted by Crippen LogP contribution is -2.20. The van der Waals surface area contributed by atoms with Crippen LogP contribution in [0.4, 0.5) is 4.39 Å². The predicted molar refractivity (Wildman–Crippen MR) is 62.4 cm³/mol. The molecule has 0 aliphatic heterocycles. The molecule has 1 aromatic rings. The summed E-state index contributed by atoms with van der Waals surface area (Å²) in [4.78, 5) is 0. The van der Waals surface area contributed by atoms with Crippen molar-refractivity contribution in [2.45, 2.75) is 26.8 Å². The van der Waals surface area contributed by atoms with Crippen molar-refractivity contribution >= 4 is 0 Å². The maximum atomic E-state index is 13.3. The average Bonchev–Trinajstić information content (AvgIpc) is 2.18. The second kappa shape index (κ2) is 5.08. The standard InChI is InChI=1S/C13H18FN/c1-9(2)8-15-11(4)12-6-5-10(3)13(14)7-12/h5-7,11,15H,1,8H2,2-4H3. The summed E-state index contributed by atoms with van der Waals surface area (Å²) in [6, 6.07) is 5.50. The van der Waals surface area contributed by atoms with Crippen molar-refractivity contribution in [3.05, 3.63) is 47.3 Å². The van der Waals surface area contributed by atoms with E-state index in [2.05, 4.69) is 11.9 Å². The Balaban J connectivity index is 2.69. The fourth-order valence-corrected chi connectivity index (χ4v) is 1.32. The molecular weight excluding hydrogens is 189 g/mol. The van der Waals surface area contributed by atoms with Crippen LogP contribution >= 0.6 is 0 Å². The Morgan fingerprint density at radius 3 is 2.73 bits per heavy atom. The van der Waals surface area contributed by atoms with Gasteiger partial charge in [-0.2, -0.15) is 0 Å². The monoisotopic (exact) mass is 207 g/mol. The molecule has 1 aromatic carbocycles. The minimum absolute atomic E-state index is 0.142. The lowest BCUT2D eigenvalue weighted by molar-refractivity contribution is 0.585. The van der Waals surface area contributed by atoms with Crippen molar-refractivity contribution in [2.24, 2.45) is 0 Å². The first kappa shape index (κ1) is 11.9. The summed E-state index contributed by atoms with van der Waals surface area (Å²) in [5.74, 6) is -0.142. The van der Waals surface area contributed by atoms with Crippen molar-refractivity contribution in [1.29, 1.82) is 0 Å². The highest BCUT2D eigenvalue weighted by molar-refractivity contribution is 5.25. The van der Waals surface area contributed by atoms with E-state index in [1.54, 1.807) is 13.0 Å². The second-order valence-electron chi connectivity index (χ2n) is 4.07. The van der Waals surface area contributed by atoms with Gasteiger partial charge in [0.2, 0.25) is 0 Å². The highest BCUT2D eigenvalue weighted by Crippen LogP contribution is 2.16. The summed E-state index contributed by atoms with van der Waals surface area (Å²) in [5, 5.41) is 3.28. The van der Waals surface area contributed by atoms with E-state index in [9.17, 15) is 4.39 Å². The van der Waals surface area contributed by atoms with Gasteiger partial charge >= 0.3 is 0 Å². The maximum absolute atomic E-state index is 13.3. The Morgan fingerprint density at radius 1 is 1.53 bits per heavy atom. The number of hydrogen-bond donors (Lipinski definition) is 1. The van der Waals surface area contributed by atoms with Crippen LogP contribution in [0.5, 0.6) is 0 Å². The first-order valence-electron chi connectivity index (χ1n) is 5.14. The highest BCUT2D eigenvalue weighted by Gasteiger charge is 2.06. The van der Waals surface area contributed by atoms with Crippen LogP contribution in [0.2, 0.25) is 0 Å². The van der Waals surface area contributed by atoms with Gasteiger partial charge in [-0.25, -0.2) is 4.39 Å². The van der Waals surface area contributed by atoms with E-state index >= 15 is 0 Å². The fraction of sp³-hybridized carbons (Fsp3) is 0.385. The molecule has 0 heterocycles. The first-order valence-corrected chi connectivity index (χ1v) is 5.14. The summed E-state index contributed by atoms with van der Waals surface area (Å²) >= 11 is 0. The van der Waals surface area contributed by atoms with Gasteiger partial charge in [-0.05, 0) is 38.0 Å². The molecule has 1 unspecified atom stereocenters. The molecule has 0 fully saturated rings. The van der Waals surface area contributed by atoms with E-state index in [1.165, 1.54) is 0 Å². The Kier molecular flexibility index (Phi) is 4.04. The molecule has 0 bridgehead atoms. The van der Waals surface area contributed by atoms with Gasteiger partial charge in [0.1, 0.15) is 5.82 Å². The average molecular weight is 207 g/mol. The van der Waals surface area contributed by atoms with Crippen LogP contribution in [0.3, 0.4) is 0 Å². The van der Waals surface area contributed by atoms with Crippen molar-refractivity contribution in [3.63, 3.8) is 0 Å². The van der Waals surface area contributed by atoms with Crippen molar-refractivity contribution in [1.82, 2.24) is 5.32 Å². The molecule has 1 rings (SSSR count). The van der Waals surface area contributed by atoms with Gasteiger partial charge in [0, 0.05) is 12.6 Å². The lowest BCUT2D eigenvalue weighted by atomic mass is 10.1. The Labute approximate surface area is 91.0 Å². The van der Waals surface area contributed by atoms with Crippen LogP contribution < -0.4 is 5.32 Å². The van der Waals surface area contributed by atoms with Gasteiger partial charge in [0.15, 0.2) is 0 Å². The Morgan fingerprint density at radius 2 is 2.20 bits per heavy atom. The number of halogens is 1. The summed E-state index contributed by atoms with van der Waals surface area (Å²) < 4.78 is 13.3. The summed E-state index contributed by atoms with van der Waals surface area (Å²) in [6.07, 6.45) is 0. The molecule has 0 aliphatic rings. The molecule has 1 atom stereocenters. The molecule has 0 saturated carbocycles. The normalized spacial score (nSPS) is 12.5. The molecule has 0 radical (unpaired) electrons. The minimum Gasteiger partial charge on any atom is -0.306 e. The molecule has 0 saturated heterocycles. The largest absolute Gasteiger partial charge is 0.306 e. The van der Waals surface area contributed by atoms with Crippen molar-refractivity contribution in [2.75, 3.05) is 6.54 Å². The second-order valence-corrected chi connectivity index (χ2v) is 4.07. The molecule has 15 heavy (non-hydrogen) atoms.